The highest BCUT2D eigenvalue weighted by Gasteiger charge is 2.30. The maximum absolute atomic E-state index is 12.6. The summed E-state index contributed by atoms with van der Waals surface area (Å²) < 4.78 is 0. The zero-order valence-corrected chi connectivity index (χ0v) is 13.2. The van der Waals surface area contributed by atoms with Crippen LogP contribution in [0.15, 0.2) is 35.7 Å². The lowest BCUT2D eigenvalue weighted by molar-refractivity contribution is 0.181. The van der Waals surface area contributed by atoms with Gasteiger partial charge in [-0.3, -0.25) is 0 Å². The maximum atomic E-state index is 12.6. The van der Waals surface area contributed by atoms with Crippen LogP contribution in [0.5, 0.6) is 0 Å². The Morgan fingerprint density at radius 2 is 2.10 bits per heavy atom. The lowest BCUT2D eigenvalue weighted by Gasteiger charge is -2.35. The highest BCUT2D eigenvalue weighted by molar-refractivity contribution is 7.10. The van der Waals surface area contributed by atoms with E-state index < -0.39 is 0 Å². The molecule has 0 saturated heterocycles. The number of carbonyl (C=O) groups is 1. The fourth-order valence-electron chi connectivity index (χ4n) is 2.91. The van der Waals surface area contributed by atoms with E-state index in [1.807, 2.05) is 36.1 Å². The van der Waals surface area contributed by atoms with Crippen LogP contribution >= 0.6 is 11.3 Å². The number of rotatable bonds is 2. The minimum absolute atomic E-state index is 0.00236. The van der Waals surface area contributed by atoms with Gasteiger partial charge in [0, 0.05) is 17.1 Å². The highest BCUT2D eigenvalue weighted by Crippen LogP contribution is 2.35. The van der Waals surface area contributed by atoms with E-state index in [2.05, 4.69) is 23.7 Å². The first-order valence-electron chi connectivity index (χ1n) is 7.39. The van der Waals surface area contributed by atoms with Crippen LogP contribution in [-0.4, -0.2) is 17.5 Å². The zero-order chi connectivity index (χ0) is 14.8. The van der Waals surface area contributed by atoms with Gasteiger partial charge >= 0.3 is 6.03 Å². The molecule has 0 saturated carbocycles. The van der Waals surface area contributed by atoms with Crippen LogP contribution < -0.4 is 5.32 Å². The zero-order valence-electron chi connectivity index (χ0n) is 12.4. The summed E-state index contributed by atoms with van der Waals surface area (Å²) >= 11 is 1.81. The Hall–Kier alpha value is -1.81. The summed E-state index contributed by atoms with van der Waals surface area (Å²) in [5.41, 5.74) is 3.38. The Balaban J connectivity index is 1.77. The van der Waals surface area contributed by atoms with Gasteiger partial charge in [-0.25, -0.2) is 4.79 Å². The Kier molecular flexibility index (Phi) is 3.97. The first-order chi connectivity index (χ1) is 10.2. The number of nitrogens with one attached hydrogen (secondary N) is 1. The van der Waals surface area contributed by atoms with Crippen molar-refractivity contribution in [3.8, 4) is 0 Å². The van der Waals surface area contributed by atoms with E-state index in [1.165, 1.54) is 16.0 Å². The summed E-state index contributed by atoms with van der Waals surface area (Å²) in [6.45, 7) is 4.98. The number of hydrogen-bond acceptors (Lipinski definition) is 2. The number of amides is 2. The van der Waals surface area contributed by atoms with E-state index in [9.17, 15) is 4.79 Å². The third-order valence-corrected chi connectivity index (χ3v) is 5.04. The molecule has 1 atom stereocenters. The van der Waals surface area contributed by atoms with Crippen LogP contribution in [0.3, 0.4) is 0 Å². The summed E-state index contributed by atoms with van der Waals surface area (Å²) in [5, 5.41) is 5.15. The Morgan fingerprint density at radius 3 is 2.81 bits per heavy atom. The van der Waals surface area contributed by atoms with Crippen molar-refractivity contribution in [3.63, 3.8) is 0 Å². The Bertz CT molecular complexity index is 632. The molecule has 110 valence electrons. The molecule has 3 nitrogen and oxygen atoms in total. The minimum atomic E-state index is 0.00236. The second-order valence-corrected chi connectivity index (χ2v) is 6.46. The average Bonchev–Trinajstić information content (AvgIpc) is 2.97. The largest absolute Gasteiger partial charge is 0.322 e. The van der Waals surface area contributed by atoms with E-state index in [1.54, 1.807) is 11.3 Å². The van der Waals surface area contributed by atoms with Crippen molar-refractivity contribution in [3.05, 3.63) is 51.7 Å². The molecule has 3 rings (SSSR count). The van der Waals surface area contributed by atoms with Crippen molar-refractivity contribution >= 4 is 23.1 Å². The molecule has 2 amide bonds. The van der Waals surface area contributed by atoms with Crippen molar-refractivity contribution in [1.29, 1.82) is 0 Å². The second-order valence-electron chi connectivity index (χ2n) is 5.46. The maximum Gasteiger partial charge on any atom is 0.322 e. The first-order valence-corrected chi connectivity index (χ1v) is 8.27. The average molecular weight is 300 g/mol. The van der Waals surface area contributed by atoms with Crippen molar-refractivity contribution < 1.29 is 4.79 Å². The molecule has 0 spiro atoms. The van der Waals surface area contributed by atoms with Gasteiger partial charge in [-0.15, -0.1) is 11.3 Å². The van der Waals surface area contributed by atoms with Gasteiger partial charge in [0.15, 0.2) is 0 Å². The first kappa shape index (κ1) is 14.1. The molecule has 1 unspecified atom stereocenters. The fourth-order valence-corrected chi connectivity index (χ4v) is 3.84. The van der Waals surface area contributed by atoms with E-state index in [0.29, 0.717) is 0 Å². The number of aryl methyl sites for hydroxylation is 1. The SMILES string of the molecule is CCC1c2ccsc2CCN1C(=O)Nc1ccc(C)cc1. The van der Waals surface area contributed by atoms with Crippen molar-refractivity contribution in [2.24, 2.45) is 0 Å². The lowest BCUT2D eigenvalue weighted by atomic mass is 9.98. The van der Waals surface area contributed by atoms with Crippen LogP contribution in [0.1, 0.15) is 35.4 Å². The second kappa shape index (κ2) is 5.90. The highest BCUT2D eigenvalue weighted by atomic mass is 32.1. The van der Waals surface area contributed by atoms with Crippen LogP contribution in [0.25, 0.3) is 0 Å². The normalized spacial score (nSPS) is 17.4. The predicted molar refractivity (Wildman–Crippen MR) is 88.0 cm³/mol. The summed E-state index contributed by atoms with van der Waals surface area (Å²) in [6, 6.07) is 10.3. The van der Waals surface area contributed by atoms with Crippen LogP contribution in [-0.2, 0) is 6.42 Å². The number of hydrogen-bond donors (Lipinski definition) is 1. The van der Waals surface area contributed by atoms with Gasteiger partial charge in [-0.05, 0) is 48.9 Å². The molecular formula is C17H20N2OS. The summed E-state index contributed by atoms with van der Waals surface area (Å²) in [4.78, 5) is 16.0. The standard InChI is InChI=1S/C17H20N2OS/c1-3-15-14-9-11-21-16(14)8-10-19(15)17(20)18-13-6-4-12(2)5-7-13/h4-7,9,11,15H,3,8,10H2,1-2H3,(H,18,20). The van der Waals surface area contributed by atoms with Crippen LogP contribution in [0, 0.1) is 6.92 Å². The van der Waals surface area contributed by atoms with E-state index in [4.69, 9.17) is 0 Å². The molecule has 0 fully saturated rings. The molecular weight excluding hydrogens is 280 g/mol. The smallest absolute Gasteiger partial charge is 0.317 e. The molecule has 2 aromatic rings. The van der Waals surface area contributed by atoms with E-state index >= 15 is 0 Å². The van der Waals surface area contributed by atoms with E-state index in [-0.39, 0.29) is 12.1 Å². The van der Waals surface area contributed by atoms with Crippen molar-refractivity contribution in [2.75, 3.05) is 11.9 Å². The molecule has 0 aliphatic carbocycles. The van der Waals surface area contributed by atoms with Gasteiger partial charge in [0.2, 0.25) is 0 Å². The number of fused-ring (bicyclic) bond motifs is 1. The molecule has 4 heteroatoms. The van der Waals surface area contributed by atoms with Crippen LogP contribution in [0.4, 0.5) is 10.5 Å². The number of anilines is 1. The van der Waals surface area contributed by atoms with Crippen LogP contribution in [0.2, 0.25) is 0 Å². The van der Waals surface area contributed by atoms with Gasteiger partial charge in [-0.1, -0.05) is 24.6 Å². The number of benzene rings is 1. The molecule has 1 aromatic carbocycles. The fraction of sp³-hybridized carbons (Fsp3) is 0.353. The van der Waals surface area contributed by atoms with Gasteiger partial charge in [0.25, 0.3) is 0 Å². The number of urea groups is 1. The number of carbonyl (C=O) groups excluding carboxylic acids is 1. The van der Waals surface area contributed by atoms with Gasteiger partial charge in [0.1, 0.15) is 0 Å². The third kappa shape index (κ3) is 2.81. The number of nitrogens with zero attached hydrogens (tertiary/aromatic N) is 1. The van der Waals surface area contributed by atoms with Gasteiger partial charge in [0.05, 0.1) is 6.04 Å². The molecule has 1 aromatic heterocycles. The third-order valence-electron chi connectivity index (χ3n) is 4.05. The summed E-state index contributed by atoms with van der Waals surface area (Å²) in [6.07, 6.45) is 1.91. The monoisotopic (exact) mass is 300 g/mol. The summed E-state index contributed by atoms with van der Waals surface area (Å²) in [7, 11) is 0. The predicted octanol–water partition coefficient (Wildman–Crippen LogP) is 4.60. The minimum Gasteiger partial charge on any atom is -0.317 e. The van der Waals surface area contributed by atoms with Crippen molar-refractivity contribution in [2.45, 2.75) is 32.7 Å². The Labute approximate surface area is 129 Å². The quantitative estimate of drug-likeness (QED) is 0.864. The molecule has 21 heavy (non-hydrogen) atoms. The lowest BCUT2D eigenvalue weighted by Crippen LogP contribution is -2.41. The molecule has 1 aliphatic rings. The molecule has 0 radical (unpaired) electrons. The van der Waals surface area contributed by atoms with Gasteiger partial charge in [-0.2, -0.15) is 0 Å². The van der Waals surface area contributed by atoms with Crippen molar-refractivity contribution in [1.82, 2.24) is 4.90 Å². The molecule has 2 heterocycles. The van der Waals surface area contributed by atoms with E-state index in [0.717, 1.165) is 25.1 Å². The Morgan fingerprint density at radius 1 is 1.33 bits per heavy atom. The van der Waals surface area contributed by atoms with Gasteiger partial charge < -0.3 is 10.2 Å². The number of thiophene rings is 1. The molecule has 1 N–H and O–H groups in total. The molecule has 1 aliphatic heterocycles. The molecule has 0 bridgehead atoms. The topological polar surface area (TPSA) is 32.3 Å². The summed E-state index contributed by atoms with van der Waals surface area (Å²) in [5.74, 6) is 0.